The number of carbonyl (C=O) groups is 2. The Kier molecular flexibility index (Phi) is 3.71. The van der Waals surface area contributed by atoms with Gasteiger partial charge < -0.3 is 14.7 Å². The molecule has 6 nitrogen and oxygen atoms in total. The van der Waals surface area contributed by atoms with Gasteiger partial charge in [0.1, 0.15) is 12.3 Å². The Labute approximate surface area is 111 Å². The van der Waals surface area contributed by atoms with Gasteiger partial charge >= 0.3 is 6.03 Å². The molecule has 102 valence electrons. The van der Waals surface area contributed by atoms with Gasteiger partial charge in [0.25, 0.3) is 0 Å². The Balaban J connectivity index is 2.10. The molecule has 1 saturated heterocycles. The van der Waals surface area contributed by atoms with Crippen molar-refractivity contribution in [2.24, 2.45) is 0 Å². The summed E-state index contributed by atoms with van der Waals surface area (Å²) in [7, 11) is 3.09. The fourth-order valence-corrected chi connectivity index (χ4v) is 1.98. The fraction of sp³-hybridized carbons (Fsp3) is 0.385. The van der Waals surface area contributed by atoms with E-state index < -0.39 is 6.10 Å². The third kappa shape index (κ3) is 2.68. The molecule has 0 saturated carbocycles. The van der Waals surface area contributed by atoms with Crippen molar-refractivity contribution in [2.75, 3.05) is 27.2 Å². The van der Waals surface area contributed by atoms with E-state index in [1.165, 1.54) is 12.0 Å². The van der Waals surface area contributed by atoms with Gasteiger partial charge in [0.15, 0.2) is 0 Å². The summed E-state index contributed by atoms with van der Waals surface area (Å²) in [5.74, 6) is 0.321. The zero-order valence-electron chi connectivity index (χ0n) is 10.9. The number of amides is 3. The number of benzene rings is 1. The standard InChI is InChI=1S/C13H16N2O4/c1-14-8-12(17)15(13(14)18)7-11(16)9-4-3-5-10(6-9)19-2/h3-6,11,16H,7-8H2,1-2H3. The monoisotopic (exact) mass is 264 g/mol. The van der Waals surface area contributed by atoms with Gasteiger partial charge in [0.2, 0.25) is 5.91 Å². The van der Waals surface area contributed by atoms with Crippen LogP contribution in [0.15, 0.2) is 24.3 Å². The lowest BCUT2D eigenvalue weighted by atomic mass is 10.1. The second-order valence-electron chi connectivity index (χ2n) is 4.44. The van der Waals surface area contributed by atoms with Crippen LogP contribution >= 0.6 is 0 Å². The average Bonchev–Trinajstić information content (AvgIpc) is 2.65. The van der Waals surface area contributed by atoms with Crippen LogP contribution in [0.1, 0.15) is 11.7 Å². The SMILES string of the molecule is COc1cccc(C(O)CN2C(=O)CN(C)C2=O)c1. The van der Waals surface area contributed by atoms with Gasteiger partial charge in [-0.15, -0.1) is 0 Å². The Morgan fingerprint density at radius 2 is 2.16 bits per heavy atom. The van der Waals surface area contributed by atoms with Gasteiger partial charge in [-0.3, -0.25) is 9.69 Å². The lowest BCUT2D eigenvalue weighted by molar-refractivity contribution is -0.126. The first-order valence-electron chi connectivity index (χ1n) is 5.90. The van der Waals surface area contributed by atoms with E-state index in [4.69, 9.17) is 4.74 Å². The van der Waals surface area contributed by atoms with Crippen LogP contribution in [0.5, 0.6) is 5.75 Å². The number of aliphatic hydroxyl groups is 1. The maximum atomic E-state index is 11.7. The van der Waals surface area contributed by atoms with E-state index in [0.717, 1.165) is 4.90 Å². The van der Waals surface area contributed by atoms with Crippen LogP contribution in [0.4, 0.5) is 4.79 Å². The molecule has 1 fully saturated rings. The number of nitrogens with zero attached hydrogens (tertiary/aromatic N) is 2. The highest BCUT2D eigenvalue weighted by Crippen LogP contribution is 2.21. The molecule has 1 aromatic rings. The molecule has 6 heteroatoms. The summed E-state index contributed by atoms with van der Waals surface area (Å²) in [6.07, 6.45) is -0.922. The van der Waals surface area contributed by atoms with Crippen molar-refractivity contribution in [3.63, 3.8) is 0 Å². The van der Waals surface area contributed by atoms with E-state index >= 15 is 0 Å². The van der Waals surface area contributed by atoms with Gasteiger partial charge in [-0.25, -0.2) is 4.79 Å². The molecule has 0 aliphatic carbocycles. The Bertz CT molecular complexity index is 503. The number of ether oxygens (including phenoxy) is 1. The summed E-state index contributed by atoms with van der Waals surface area (Å²) in [5.41, 5.74) is 0.606. The molecule has 19 heavy (non-hydrogen) atoms. The highest BCUT2D eigenvalue weighted by atomic mass is 16.5. The Morgan fingerprint density at radius 3 is 2.74 bits per heavy atom. The topological polar surface area (TPSA) is 70.1 Å². The highest BCUT2D eigenvalue weighted by molar-refractivity contribution is 6.01. The predicted octanol–water partition coefficient (Wildman–Crippen LogP) is 0.623. The van der Waals surface area contributed by atoms with Crippen LogP contribution in [-0.2, 0) is 4.79 Å². The molecular formula is C13H16N2O4. The van der Waals surface area contributed by atoms with Crippen molar-refractivity contribution in [1.82, 2.24) is 9.80 Å². The van der Waals surface area contributed by atoms with Crippen LogP contribution < -0.4 is 4.74 Å². The molecule has 1 N–H and O–H groups in total. The lowest BCUT2D eigenvalue weighted by Gasteiger charge is -2.19. The van der Waals surface area contributed by atoms with Gasteiger partial charge in [-0.2, -0.15) is 0 Å². The smallest absolute Gasteiger partial charge is 0.327 e. The Morgan fingerprint density at radius 1 is 1.42 bits per heavy atom. The molecule has 0 radical (unpaired) electrons. The number of β-amino-alcohol motifs (C(OH)–C–C–N with tert-alkyl or cyclic N) is 1. The van der Waals surface area contributed by atoms with Crippen molar-refractivity contribution < 1.29 is 19.4 Å². The number of methoxy groups -OCH3 is 1. The first-order chi connectivity index (χ1) is 9.02. The first-order valence-corrected chi connectivity index (χ1v) is 5.90. The molecule has 1 atom stereocenters. The van der Waals surface area contributed by atoms with E-state index in [9.17, 15) is 14.7 Å². The molecular weight excluding hydrogens is 248 g/mol. The summed E-state index contributed by atoms with van der Waals surface area (Å²) < 4.78 is 5.07. The van der Waals surface area contributed by atoms with Crippen molar-refractivity contribution in [2.45, 2.75) is 6.10 Å². The molecule has 0 bridgehead atoms. The third-order valence-corrected chi connectivity index (χ3v) is 3.07. The minimum absolute atomic E-state index is 0.0465. The maximum Gasteiger partial charge on any atom is 0.327 e. The van der Waals surface area contributed by atoms with Crippen LogP contribution in [0.3, 0.4) is 0 Å². The van der Waals surface area contributed by atoms with Crippen molar-refractivity contribution >= 4 is 11.9 Å². The fourth-order valence-electron chi connectivity index (χ4n) is 1.98. The van der Waals surface area contributed by atoms with Crippen molar-refractivity contribution in [1.29, 1.82) is 0 Å². The quantitative estimate of drug-likeness (QED) is 0.809. The molecule has 1 aliphatic rings. The average molecular weight is 264 g/mol. The van der Waals surface area contributed by atoms with Gasteiger partial charge in [0.05, 0.1) is 19.8 Å². The van der Waals surface area contributed by atoms with E-state index in [1.54, 1.807) is 31.3 Å². The van der Waals surface area contributed by atoms with Crippen LogP contribution in [0.25, 0.3) is 0 Å². The number of rotatable bonds is 4. The van der Waals surface area contributed by atoms with Gasteiger partial charge in [-0.1, -0.05) is 12.1 Å². The molecule has 3 amide bonds. The minimum atomic E-state index is -0.922. The summed E-state index contributed by atoms with van der Waals surface area (Å²) in [4.78, 5) is 25.7. The van der Waals surface area contributed by atoms with Crippen LogP contribution in [0, 0.1) is 0 Å². The number of hydrogen-bond donors (Lipinski definition) is 1. The zero-order chi connectivity index (χ0) is 14.0. The van der Waals surface area contributed by atoms with E-state index in [0.29, 0.717) is 11.3 Å². The number of likely N-dealkylation sites (N-methyl/N-ethyl adjacent to an activating group) is 1. The number of aliphatic hydroxyl groups excluding tert-OH is 1. The summed E-state index contributed by atoms with van der Waals surface area (Å²) >= 11 is 0. The van der Waals surface area contributed by atoms with E-state index in [1.807, 2.05) is 0 Å². The largest absolute Gasteiger partial charge is 0.497 e. The molecule has 1 aromatic carbocycles. The predicted molar refractivity (Wildman–Crippen MR) is 67.7 cm³/mol. The van der Waals surface area contributed by atoms with E-state index in [-0.39, 0.29) is 25.0 Å². The maximum absolute atomic E-state index is 11.7. The molecule has 2 rings (SSSR count). The number of urea groups is 1. The van der Waals surface area contributed by atoms with Gasteiger partial charge in [0, 0.05) is 7.05 Å². The third-order valence-electron chi connectivity index (χ3n) is 3.07. The summed E-state index contributed by atoms with van der Waals surface area (Å²) in [6, 6.07) is 6.53. The molecule has 0 aromatic heterocycles. The second-order valence-corrected chi connectivity index (χ2v) is 4.44. The highest BCUT2D eigenvalue weighted by Gasteiger charge is 2.34. The molecule has 1 heterocycles. The Hall–Kier alpha value is -2.08. The van der Waals surface area contributed by atoms with Crippen molar-refractivity contribution in [3.05, 3.63) is 29.8 Å². The first kappa shape index (κ1) is 13.4. The second kappa shape index (κ2) is 5.27. The van der Waals surface area contributed by atoms with Crippen LogP contribution in [0.2, 0.25) is 0 Å². The zero-order valence-corrected chi connectivity index (χ0v) is 10.9. The van der Waals surface area contributed by atoms with Gasteiger partial charge in [-0.05, 0) is 17.7 Å². The molecule has 1 aliphatic heterocycles. The van der Waals surface area contributed by atoms with E-state index in [2.05, 4.69) is 0 Å². The molecule has 1 unspecified atom stereocenters. The number of carbonyl (C=O) groups excluding carboxylic acids is 2. The normalized spacial score (nSPS) is 17.0. The van der Waals surface area contributed by atoms with Crippen LogP contribution in [-0.4, -0.2) is 54.1 Å². The van der Waals surface area contributed by atoms with Crippen molar-refractivity contribution in [3.8, 4) is 5.75 Å². The summed E-state index contributed by atoms with van der Waals surface area (Å²) in [5, 5.41) is 10.1. The lowest BCUT2D eigenvalue weighted by Crippen LogP contribution is -2.35. The number of hydrogen-bond acceptors (Lipinski definition) is 4. The summed E-state index contributed by atoms with van der Waals surface area (Å²) in [6.45, 7) is 0.0127. The number of imide groups is 1. The minimum Gasteiger partial charge on any atom is -0.497 e. The molecule has 0 spiro atoms.